The van der Waals surface area contributed by atoms with E-state index < -0.39 is 0 Å². The van der Waals surface area contributed by atoms with Crippen LogP contribution in [-0.2, 0) is 0 Å². The molecule has 0 bridgehead atoms. The first-order valence-electron chi connectivity index (χ1n) is 6.61. The number of anilines is 1. The van der Waals surface area contributed by atoms with Gasteiger partial charge in [-0.3, -0.25) is 4.79 Å². The summed E-state index contributed by atoms with van der Waals surface area (Å²) < 4.78 is 0. The van der Waals surface area contributed by atoms with E-state index in [0.717, 1.165) is 18.3 Å². The Morgan fingerprint density at radius 1 is 1.44 bits per heavy atom. The molecular weight excluding hydrogens is 226 g/mol. The molecule has 4 nitrogen and oxygen atoms in total. The molecule has 0 aliphatic heterocycles. The van der Waals surface area contributed by atoms with Crippen LogP contribution < -0.4 is 10.6 Å². The van der Waals surface area contributed by atoms with Crippen molar-refractivity contribution in [2.45, 2.75) is 26.2 Å². The summed E-state index contributed by atoms with van der Waals surface area (Å²) in [6, 6.07) is 3.61. The maximum absolute atomic E-state index is 11.9. The second-order valence-electron chi connectivity index (χ2n) is 5.18. The molecule has 1 heterocycles. The Labute approximate surface area is 108 Å². The normalized spacial score (nSPS) is 22.8. The molecule has 2 N–H and O–H groups in total. The molecule has 0 saturated heterocycles. The SMILES string of the molecule is CNc1ccc(C(=O)NCC2CCC(C)C2)cn1. The largest absolute Gasteiger partial charge is 0.373 e. The summed E-state index contributed by atoms with van der Waals surface area (Å²) in [6.45, 7) is 3.07. The van der Waals surface area contributed by atoms with Gasteiger partial charge in [0.2, 0.25) is 0 Å². The molecule has 98 valence electrons. The van der Waals surface area contributed by atoms with Crippen molar-refractivity contribution in [1.82, 2.24) is 10.3 Å². The third-order valence-corrected chi connectivity index (χ3v) is 3.64. The fraction of sp³-hybridized carbons (Fsp3) is 0.571. The van der Waals surface area contributed by atoms with Crippen LogP contribution in [0.4, 0.5) is 5.82 Å². The first-order chi connectivity index (χ1) is 8.69. The molecule has 4 heteroatoms. The van der Waals surface area contributed by atoms with E-state index in [0.29, 0.717) is 11.5 Å². The van der Waals surface area contributed by atoms with Crippen LogP contribution in [0, 0.1) is 11.8 Å². The van der Waals surface area contributed by atoms with E-state index in [9.17, 15) is 4.79 Å². The van der Waals surface area contributed by atoms with Gasteiger partial charge in [-0.1, -0.05) is 13.3 Å². The first kappa shape index (κ1) is 12.9. The topological polar surface area (TPSA) is 54.0 Å². The zero-order valence-corrected chi connectivity index (χ0v) is 11.1. The molecule has 1 aromatic rings. The van der Waals surface area contributed by atoms with Crippen LogP contribution in [0.2, 0.25) is 0 Å². The van der Waals surface area contributed by atoms with Gasteiger partial charge in [-0.25, -0.2) is 4.98 Å². The highest BCUT2D eigenvalue weighted by Gasteiger charge is 2.21. The van der Waals surface area contributed by atoms with Crippen LogP contribution in [0.25, 0.3) is 0 Å². The molecule has 1 amide bonds. The second-order valence-corrected chi connectivity index (χ2v) is 5.18. The Hall–Kier alpha value is -1.58. The van der Waals surface area contributed by atoms with Gasteiger partial charge in [0.1, 0.15) is 5.82 Å². The predicted molar refractivity (Wildman–Crippen MR) is 72.6 cm³/mol. The summed E-state index contributed by atoms with van der Waals surface area (Å²) in [5.74, 6) is 2.21. The lowest BCUT2D eigenvalue weighted by Crippen LogP contribution is -2.28. The first-order valence-corrected chi connectivity index (χ1v) is 6.61. The van der Waals surface area contributed by atoms with Gasteiger partial charge >= 0.3 is 0 Å². The Morgan fingerprint density at radius 2 is 2.28 bits per heavy atom. The number of carbonyl (C=O) groups is 1. The molecule has 0 spiro atoms. The van der Waals surface area contributed by atoms with Gasteiger partial charge < -0.3 is 10.6 Å². The minimum atomic E-state index is -0.0234. The molecule has 2 rings (SSSR count). The second kappa shape index (κ2) is 5.85. The minimum absolute atomic E-state index is 0.0234. The van der Waals surface area contributed by atoms with E-state index in [4.69, 9.17) is 0 Å². The standard InChI is InChI=1S/C14H21N3O/c1-10-3-4-11(7-10)8-17-14(18)12-5-6-13(15-2)16-9-12/h5-6,9-11H,3-4,7-8H2,1-2H3,(H,15,16)(H,17,18). The lowest BCUT2D eigenvalue weighted by Gasteiger charge is -2.11. The van der Waals surface area contributed by atoms with Gasteiger partial charge in [-0.2, -0.15) is 0 Å². The highest BCUT2D eigenvalue weighted by molar-refractivity contribution is 5.94. The van der Waals surface area contributed by atoms with Gasteiger partial charge in [-0.05, 0) is 36.8 Å². The summed E-state index contributed by atoms with van der Waals surface area (Å²) in [4.78, 5) is 16.0. The third-order valence-electron chi connectivity index (χ3n) is 3.64. The molecule has 2 unspecified atom stereocenters. The average molecular weight is 247 g/mol. The van der Waals surface area contributed by atoms with Crippen molar-refractivity contribution >= 4 is 11.7 Å². The molecule has 18 heavy (non-hydrogen) atoms. The average Bonchev–Trinajstić information content (AvgIpc) is 2.82. The number of pyridine rings is 1. The van der Waals surface area contributed by atoms with E-state index in [-0.39, 0.29) is 5.91 Å². The van der Waals surface area contributed by atoms with Gasteiger partial charge in [0.05, 0.1) is 5.56 Å². The van der Waals surface area contributed by atoms with Crippen molar-refractivity contribution in [3.63, 3.8) is 0 Å². The van der Waals surface area contributed by atoms with Crippen LogP contribution >= 0.6 is 0 Å². The van der Waals surface area contributed by atoms with E-state index in [2.05, 4.69) is 22.5 Å². The number of hydrogen-bond acceptors (Lipinski definition) is 3. The van der Waals surface area contributed by atoms with E-state index >= 15 is 0 Å². The van der Waals surface area contributed by atoms with Gasteiger partial charge in [0.15, 0.2) is 0 Å². The summed E-state index contributed by atoms with van der Waals surface area (Å²) in [5.41, 5.74) is 0.625. The molecule has 0 radical (unpaired) electrons. The maximum atomic E-state index is 11.9. The summed E-state index contributed by atoms with van der Waals surface area (Å²) >= 11 is 0. The van der Waals surface area contributed by atoms with Crippen LogP contribution in [0.1, 0.15) is 36.5 Å². The highest BCUT2D eigenvalue weighted by atomic mass is 16.1. The smallest absolute Gasteiger partial charge is 0.252 e. The van der Waals surface area contributed by atoms with Crippen LogP contribution in [-0.4, -0.2) is 24.5 Å². The molecular formula is C14H21N3O. The van der Waals surface area contributed by atoms with E-state index in [1.54, 1.807) is 12.3 Å². The molecule has 1 aliphatic carbocycles. The van der Waals surface area contributed by atoms with Crippen molar-refractivity contribution in [2.24, 2.45) is 11.8 Å². The monoisotopic (exact) mass is 247 g/mol. The molecule has 1 aliphatic rings. The van der Waals surface area contributed by atoms with Crippen LogP contribution in [0.3, 0.4) is 0 Å². The number of hydrogen-bond donors (Lipinski definition) is 2. The summed E-state index contributed by atoms with van der Waals surface area (Å²) in [7, 11) is 1.81. The van der Waals surface area contributed by atoms with Crippen LogP contribution in [0.5, 0.6) is 0 Å². The number of aromatic nitrogens is 1. The number of nitrogens with one attached hydrogen (secondary N) is 2. The molecule has 0 aromatic carbocycles. The molecule has 1 fully saturated rings. The maximum Gasteiger partial charge on any atom is 0.252 e. The third kappa shape index (κ3) is 3.22. The Kier molecular flexibility index (Phi) is 4.18. The number of carbonyl (C=O) groups excluding carboxylic acids is 1. The Morgan fingerprint density at radius 3 is 2.83 bits per heavy atom. The van der Waals surface area contributed by atoms with Crippen molar-refractivity contribution < 1.29 is 4.79 Å². The van der Waals surface area contributed by atoms with Crippen molar-refractivity contribution in [2.75, 3.05) is 18.9 Å². The molecule has 1 aromatic heterocycles. The lowest BCUT2D eigenvalue weighted by atomic mass is 10.1. The Balaban J connectivity index is 1.83. The van der Waals surface area contributed by atoms with Gasteiger partial charge in [0, 0.05) is 19.8 Å². The molecule has 1 saturated carbocycles. The highest BCUT2D eigenvalue weighted by Crippen LogP contribution is 2.29. The van der Waals surface area contributed by atoms with E-state index in [1.165, 1.54) is 19.3 Å². The quantitative estimate of drug-likeness (QED) is 0.858. The van der Waals surface area contributed by atoms with E-state index in [1.807, 2.05) is 13.1 Å². The van der Waals surface area contributed by atoms with Gasteiger partial charge in [0.25, 0.3) is 5.91 Å². The summed E-state index contributed by atoms with van der Waals surface area (Å²) in [5, 5.41) is 5.93. The summed E-state index contributed by atoms with van der Waals surface area (Å²) in [6.07, 6.45) is 5.37. The fourth-order valence-electron chi connectivity index (χ4n) is 2.53. The van der Waals surface area contributed by atoms with Crippen molar-refractivity contribution in [1.29, 1.82) is 0 Å². The zero-order valence-electron chi connectivity index (χ0n) is 11.1. The lowest BCUT2D eigenvalue weighted by molar-refractivity contribution is 0.0947. The zero-order chi connectivity index (χ0) is 13.0. The number of nitrogens with zero attached hydrogens (tertiary/aromatic N) is 1. The predicted octanol–water partition coefficient (Wildman–Crippen LogP) is 2.29. The fourth-order valence-corrected chi connectivity index (χ4v) is 2.53. The Bertz CT molecular complexity index is 402. The molecule has 2 atom stereocenters. The van der Waals surface area contributed by atoms with Crippen molar-refractivity contribution in [3.05, 3.63) is 23.9 Å². The minimum Gasteiger partial charge on any atom is -0.373 e. The van der Waals surface area contributed by atoms with Crippen LogP contribution in [0.15, 0.2) is 18.3 Å². The van der Waals surface area contributed by atoms with Gasteiger partial charge in [-0.15, -0.1) is 0 Å². The number of rotatable bonds is 4. The van der Waals surface area contributed by atoms with Crippen molar-refractivity contribution in [3.8, 4) is 0 Å². The number of amides is 1.